The molecule has 1 atom stereocenters. The summed E-state index contributed by atoms with van der Waals surface area (Å²) in [5, 5.41) is 14.4. The molecule has 7 heteroatoms. The monoisotopic (exact) mass is 350 g/mol. The molecule has 1 rings (SSSR count). The van der Waals surface area contributed by atoms with Gasteiger partial charge in [-0.15, -0.1) is 0 Å². The Morgan fingerprint density at radius 1 is 1.12 bits per heavy atom. The van der Waals surface area contributed by atoms with Crippen LogP contribution in [-0.2, 0) is 9.59 Å². The Bertz CT molecular complexity index is 662. The number of amides is 2. The minimum atomic E-state index is -1.11. The molecule has 25 heavy (non-hydrogen) atoms. The second-order valence-electron chi connectivity index (χ2n) is 7.12. The molecule has 0 bridgehead atoms. The number of anilines is 1. The second-order valence-corrected chi connectivity index (χ2v) is 7.12. The number of hydrogen-bond acceptors (Lipinski definition) is 4. The third-order valence-corrected chi connectivity index (χ3v) is 3.27. The normalized spacial score (nSPS) is 12.4. The van der Waals surface area contributed by atoms with E-state index < -0.39 is 23.3 Å². The van der Waals surface area contributed by atoms with E-state index in [2.05, 4.69) is 10.6 Å². The lowest BCUT2D eigenvalue weighted by Crippen LogP contribution is -2.46. The van der Waals surface area contributed by atoms with E-state index in [1.54, 1.807) is 27.7 Å². The fraction of sp³-hybridized carbons (Fsp3) is 0.500. The largest absolute Gasteiger partial charge is 0.489 e. The summed E-state index contributed by atoms with van der Waals surface area (Å²) in [5.41, 5.74) is -0.350. The molecule has 138 valence electrons. The molecule has 0 saturated carbocycles. The molecule has 0 aromatic heterocycles. The SMILES string of the molecule is CC(C)Oc1ccc(C(=O)O)cc1NC(=O)C(C)NC(=O)C(C)(C)C. The van der Waals surface area contributed by atoms with E-state index in [9.17, 15) is 14.4 Å². The van der Waals surface area contributed by atoms with Gasteiger partial charge in [0.25, 0.3) is 0 Å². The third-order valence-electron chi connectivity index (χ3n) is 3.27. The number of carbonyl (C=O) groups is 3. The van der Waals surface area contributed by atoms with E-state index in [1.165, 1.54) is 18.2 Å². The van der Waals surface area contributed by atoms with Crippen molar-refractivity contribution in [1.82, 2.24) is 5.32 Å². The van der Waals surface area contributed by atoms with E-state index in [-0.39, 0.29) is 23.3 Å². The maximum absolute atomic E-state index is 12.4. The van der Waals surface area contributed by atoms with Crippen molar-refractivity contribution in [3.63, 3.8) is 0 Å². The van der Waals surface area contributed by atoms with Crippen molar-refractivity contribution in [1.29, 1.82) is 0 Å². The van der Waals surface area contributed by atoms with Crippen LogP contribution in [0.25, 0.3) is 0 Å². The van der Waals surface area contributed by atoms with Crippen LogP contribution in [0.1, 0.15) is 51.9 Å². The zero-order chi connectivity index (χ0) is 19.4. The zero-order valence-electron chi connectivity index (χ0n) is 15.5. The lowest BCUT2D eigenvalue weighted by atomic mass is 9.95. The van der Waals surface area contributed by atoms with Gasteiger partial charge in [0.1, 0.15) is 11.8 Å². The van der Waals surface area contributed by atoms with E-state index in [0.717, 1.165) is 0 Å². The molecular formula is C18H26N2O5. The van der Waals surface area contributed by atoms with Gasteiger partial charge in [0.15, 0.2) is 0 Å². The number of ether oxygens (including phenoxy) is 1. The molecule has 0 aliphatic carbocycles. The van der Waals surface area contributed by atoms with Crippen molar-refractivity contribution < 1.29 is 24.2 Å². The number of carbonyl (C=O) groups excluding carboxylic acids is 2. The second kappa shape index (κ2) is 8.00. The third kappa shape index (κ3) is 6.10. The molecule has 0 aliphatic rings. The number of carboxylic acids is 1. The fourth-order valence-corrected chi connectivity index (χ4v) is 1.84. The van der Waals surface area contributed by atoms with Crippen molar-refractivity contribution in [2.24, 2.45) is 5.41 Å². The predicted octanol–water partition coefficient (Wildman–Crippen LogP) is 2.66. The van der Waals surface area contributed by atoms with Crippen LogP contribution >= 0.6 is 0 Å². The van der Waals surface area contributed by atoms with Crippen LogP contribution in [0.4, 0.5) is 5.69 Å². The van der Waals surface area contributed by atoms with Crippen LogP contribution in [0.15, 0.2) is 18.2 Å². The molecule has 3 N–H and O–H groups in total. The summed E-state index contributed by atoms with van der Waals surface area (Å²) in [5.74, 6) is -1.47. The van der Waals surface area contributed by atoms with Crippen LogP contribution in [0.3, 0.4) is 0 Å². The van der Waals surface area contributed by atoms with Crippen molar-refractivity contribution in [2.75, 3.05) is 5.32 Å². The molecule has 0 spiro atoms. The van der Waals surface area contributed by atoms with E-state index >= 15 is 0 Å². The number of hydrogen-bond donors (Lipinski definition) is 3. The van der Waals surface area contributed by atoms with Gasteiger partial charge >= 0.3 is 5.97 Å². The molecule has 2 amide bonds. The van der Waals surface area contributed by atoms with Crippen LogP contribution in [-0.4, -0.2) is 35.0 Å². The van der Waals surface area contributed by atoms with Gasteiger partial charge in [0, 0.05) is 5.41 Å². The molecule has 0 aliphatic heterocycles. The Morgan fingerprint density at radius 3 is 2.20 bits per heavy atom. The molecule has 1 unspecified atom stereocenters. The Morgan fingerprint density at radius 2 is 1.72 bits per heavy atom. The Labute approximate surface area is 147 Å². The molecule has 1 aromatic carbocycles. The standard InChI is InChI=1S/C18H26N2O5/c1-10(2)25-14-8-7-12(16(22)23)9-13(14)20-15(21)11(3)19-17(24)18(4,5)6/h7-11H,1-6H3,(H,19,24)(H,20,21)(H,22,23). The van der Waals surface area contributed by atoms with Crippen molar-refractivity contribution in [2.45, 2.75) is 53.7 Å². The highest BCUT2D eigenvalue weighted by atomic mass is 16.5. The summed E-state index contributed by atoms with van der Waals surface area (Å²) in [6, 6.07) is 3.45. The molecule has 1 aromatic rings. The zero-order valence-corrected chi connectivity index (χ0v) is 15.5. The number of carboxylic acid groups (broad SMARTS) is 1. The highest BCUT2D eigenvalue weighted by molar-refractivity contribution is 5.99. The first-order chi connectivity index (χ1) is 11.4. The number of nitrogens with one attached hydrogen (secondary N) is 2. The van der Waals surface area contributed by atoms with E-state index in [0.29, 0.717) is 5.75 Å². The number of benzene rings is 1. The Kier molecular flexibility index (Phi) is 6.55. The van der Waals surface area contributed by atoms with E-state index in [4.69, 9.17) is 9.84 Å². The quantitative estimate of drug-likeness (QED) is 0.731. The fourth-order valence-electron chi connectivity index (χ4n) is 1.84. The summed E-state index contributed by atoms with van der Waals surface area (Å²) >= 11 is 0. The summed E-state index contributed by atoms with van der Waals surface area (Å²) < 4.78 is 5.60. The number of rotatable bonds is 6. The van der Waals surface area contributed by atoms with Crippen LogP contribution < -0.4 is 15.4 Å². The molecule has 0 heterocycles. The summed E-state index contributed by atoms with van der Waals surface area (Å²) in [6.07, 6.45) is -0.149. The van der Waals surface area contributed by atoms with Crippen molar-refractivity contribution >= 4 is 23.5 Å². The maximum atomic E-state index is 12.4. The van der Waals surface area contributed by atoms with Crippen molar-refractivity contribution in [3.8, 4) is 5.75 Å². The molecular weight excluding hydrogens is 324 g/mol. The summed E-state index contributed by atoms with van der Waals surface area (Å²) in [4.78, 5) is 35.5. The van der Waals surface area contributed by atoms with Crippen LogP contribution in [0, 0.1) is 5.41 Å². The Hall–Kier alpha value is -2.57. The van der Waals surface area contributed by atoms with Gasteiger partial charge in [-0.1, -0.05) is 20.8 Å². The maximum Gasteiger partial charge on any atom is 0.335 e. The molecule has 0 radical (unpaired) electrons. The highest BCUT2D eigenvalue weighted by Gasteiger charge is 2.25. The van der Waals surface area contributed by atoms with Gasteiger partial charge in [-0.25, -0.2) is 4.79 Å². The van der Waals surface area contributed by atoms with Gasteiger partial charge in [-0.3, -0.25) is 9.59 Å². The highest BCUT2D eigenvalue weighted by Crippen LogP contribution is 2.27. The predicted molar refractivity (Wildman–Crippen MR) is 94.9 cm³/mol. The van der Waals surface area contributed by atoms with Gasteiger partial charge in [-0.2, -0.15) is 0 Å². The topological polar surface area (TPSA) is 105 Å². The van der Waals surface area contributed by atoms with Gasteiger partial charge in [0.2, 0.25) is 11.8 Å². The lowest BCUT2D eigenvalue weighted by Gasteiger charge is -2.22. The molecule has 0 saturated heterocycles. The lowest BCUT2D eigenvalue weighted by molar-refractivity contribution is -0.131. The molecule has 0 fully saturated rings. The van der Waals surface area contributed by atoms with Gasteiger partial charge < -0.3 is 20.5 Å². The summed E-state index contributed by atoms with van der Waals surface area (Å²) in [7, 11) is 0. The van der Waals surface area contributed by atoms with Crippen LogP contribution in [0.5, 0.6) is 5.75 Å². The van der Waals surface area contributed by atoms with Crippen LogP contribution in [0.2, 0.25) is 0 Å². The Balaban J connectivity index is 2.98. The van der Waals surface area contributed by atoms with Crippen molar-refractivity contribution in [3.05, 3.63) is 23.8 Å². The molecule has 7 nitrogen and oxygen atoms in total. The van der Waals surface area contributed by atoms with E-state index in [1.807, 2.05) is 13.8 Å². The summed E-state index contributed by atoms with van der Waals surface area (Å²) in [6.45, 7) is 10.4. The first-order valence-electron chi connectivity index (χ1n) is 8.07. The minimum Gasteiger partial charge on any atom is -0.489 e. The first kappa shape index (κ1) is 20.5. The van der Waals surface area contributed by atoms with Gasteiger partial charge in [0.05, 0.1) is 17.4 Å². The average molecular weight is 350 g/mol. The van der Waals surface area contributed by atoms with Gasteiger partial charge in [-0.05, 0) is 39.0 Å². The average Bonchev–Trinajstić information content (AvgIpc) is 2.47. The smallest absolute Gasteiger partial charge is 0.335 e. The first-order valence-corrected chi connectivity index (χ1v) is 8.07. The minimum absolute atomic E-state index is 0.0257. The number of aromatic carboxylic acids is 1.